The molecule has 3 N–H and O–H groups in total. The molecular formula is C40H43N3O10S. The number of furan rings is 1. The minimum atomic E-state index is -1.56. The summed E-state index contributed by atoms with van der Waals surface area (Å²) < 4.78 is 37.2. The van der Waals surface area contributed by atoms with Gasteiger partial charge in [0.25, 0.3) is 0 Å². The largest absolute Gasteiger partial charge is 0.504 e. The molecule has 3 aromatic carbocycles. The van der Waals surface area contributed by atoms with Crippen LogP contribution in [0.4, 0.5) is 0 Å². The number of β-amino-alcohol motifs (C(OH)–C–C–N with tert-alkyl or cyclic N) is 1. The summed E-state index contributed by atoms with van der Waals surface area (Å²) in [5.74, 6) is 0.878. The number of piperazine rings is 1. The highest BCUT2D eigenvalue weighted by atomic mass is 32.2. The third-order valence-corrected chi connectivity index (χ3v) is 13.3. The van der Waals surface area contributed by atoms with Gasteiger partial charge in [-0.05, 0) is 58.4 Å². The standard InChI is InChI=1S/C40H43N3O10S/c1-18-14-19(2)32(48-7)31(45)26(18)29-30-36-28-27(35-34(50-17-51-35)20(3)33(28)52-21(4)44)24(43(30)39(5,47)16-42(29)6)15-49-38(46)40(54-36)37-23(12-13-41-40)22-10-8-9-11-25(22)53-37/h8-11,14,24,29-30,36,41,45,47H,12-13,15-17H2,1-7H3/t24-,29+,30+,36+,39-,40-/m0/s1. The Morgan fingerprint density at radius 1 is 1.06 bits per heavy atom. The molecule has 54 heavy (non-hydrogen) atoms. The van der Waals surface area contributed by atoms with Crippen molar-refractivity contribution in [2.45, 2.75) is 75.0 Å². The third kappa shape index (κ3) is 4.79. The van der Waals surface area contributed by atoms with Gasteiger partial charge in [0, 0.05) is 59.3 Å². The lowest BCUT2D eigenvalue weighted by Crippen LogP contribution is -2.69. The summed E-state index contributed by atoms with van der Waals surface area (Å²) >= 11 is 1.30. The smallest absolute Gasteiger partial charge is 0.345 e. The molecule has 1 spiro atoms. The maximum Gasteiger partial charge on any atom is 0.345 e. The minimum Gasteiger partial charge on any atom is -0.504 e. The first-order valence-electron chi connectivity index (χ1n) is 18.1. The molecule has 0 saturated carbocycles. The van der Waals surface area contributed by atoms with Gasteiger partial charge in [-0.15, -0.1) is 11.8 Å². The fourth-order valence-electron chi connectivity index (χ4n) is 9.85. The molecule has 6 atom stereocenters. The lowest BCUT2D eigenvalue weighted by Gasteiger charge is -2.60. The van der Waals surface area contributed by atoms with Gasteiger partial charge < -0.3 is 38.3 Å². The van der Waals surface area contributed by atoms with Gasteiger partial charge in [-0.1, -0.05) is 24.3 Å². The number of aryl methyl sites for hydroxylation is 2. The first kappa shape index (κ1) is 35.2. The zero-order valence-corrected chi connectivity index (χ0v) is 32.0. The predicted molar refractivity (Wildman–Crippen MR) is 198 cm³/mol. The predicted octanol–water partition coefficient (Wildman–Crippen LogP) is 5.18. The molecule has 6 aliphatic rings. The topological polar surface area (TPSA) is 152 Å². The van der Waals surface area contributed by atoms with E-state index in [0.29, 0.717) is 69.6 Å². The molecule has 0 amide bonds. The molecule has 2 fully saturated rings. The molecule has 0 aliphatic carbocycles. The number of phenols is 1. The number of fused-ring (bicyclic) bond motifs is 6. The zero-order chi connectivity index (χ0) is 38.0. The summed E-state index contributed by atoms with van der Waals surface area (Å²) in [6.45, 7) is 9.11. The maximum atomic E-state index is 14.9. The van der Waals surface area contributed by atoms with E-state index < -0.39 is 45.9 Å². The van der Waals surface area contributed by atoms with Gasteiger partial charge >= 0.3 is 11.9 Å². The van der Waals surface area contributed by atoms with Crippen molar-refractivity contribution in [2.24, 2.45) is 0 Å². The van der Waals surface area contributed by atoms with Crippen LogP contribution in [0.3, 0.4) is 0 Å². The SMILES string of the molecule is COc1c(C)cc(C)c([C@@H]2[C@@H]3[C@@H]4S[C@]5(NCCc6c5oc5ccccc65)C(=O)OC[C@@H](c5c6c(c(C)c(OC(C)=O)c54)OCO6)N3[C@@](C)(O)CN2C)c1O. The number of hydrogen-bond acceptors (Lipinski definition) is 14. The summed E-state index contributed by atoms with van der Waals surface area (Å²) in [5.41, 5.74) is 4.07. The van der Waals surface area contributed by atoms with Gasteiger partial charge in [0.2, 0.25) is 11.7 Å². The van der Waals surface area contributed by atoms with Crippen molar-refractivity contribution in [1.82, 2.24) is 15.1 Å². The minimum absolute atomic E-state index is 0.00575. The van der Waals surface area contributed by atoms with E-state index in [1.807, 2.05) is 68.0 Å². The highest BCUT2D eigenvalue weighted by Gasteiger charge is 2.63. The summed E-state index contributed by atoms with van der Waals surface area (Å²) in [6, 6.07) is 7.63. The van der Waals surface area contributed by atoms with E-state index in [2.05, 4.69) is 5.32 Å². The third-order valence-electron chi connectivity index (χ3n) is 11.7. The number of phenolic OH excluding ortho intramolecular Hbond substituents is 1. The fraction of sp³-hybridized carbons (Fsp3) is 0.450. The van der Waals surface area contributed by atoms with Crippen molar-refractivity contribution in [1.29, 1.82) is 0 Å². The monoisotopic (exact) mass is 757 g/mol. The van der Waals surface area contributed by atoms with Crippen molar-refractivity contribution < 1.29 is 47.9 Å². The first-order chi connectivity index (χ1) is 25.8. The molecule has 4 aromatic rings. The molecule has 13 nitrogen and oxygen atoms in total. The fourth-order valence-corrected chi connectivity index (χ4v) is 11.6. The number of para-hydroxylation sites is 1. The van der Waals surface area contributed by atoms with Gasteiger partial charge in [0.05, 0.1) is 24.4 Å². The van der Waals surface area contributed by atoms with Crippen LogP contribution >= 0.6 is 11.8 Å². The number of esters is 2. The van der Waals surface area contributed by atoms with Crippen molar-refractivity contribution in [3.63, 3.8) is 0 Å². The molecule has 14 heteroatoms. The lowest BCUT2D eigenvalue weighted by molar-refractivity contribution is -0.209. The van der Waals surface area contributed by atoms with E-state index in [1.54, 1.807) is 6.92 Å². The number of thioether (sulfide) groups is 1. The lowest BCUT2D eigenvalue weighted by atomic mass is 9.76. The van der Waals surface area contributed by atoms with Crippen LogP contribution in [0.1, 0.15) is 75.9 Å². The van der Waals surface area contributed by atoms with Crippen LogP contribution in [0.25, 0.3) is 11.0 Å². The second kappa shape index (κ2) is 12.3. The first-order valence-corrected chi connectivity index (χ1v) is 19.0. The normalized spacial score (nSPS) is 28.9. The average Bonchev–Trinajstić information content (AvgIpc) is 3.77. The quantitative estimate of drug-likeness (QED) is 0.186. The van der Waals surface area contributed by atoms with Gasteiger partial charge in [0.15, 0.2) is 28.8 Å². The number of hydrogen-bond donors (Lipinski definition) is 3. The number of methoxy groups -OCH3 is 1. The summed E-state index contributed by atoms with van der Waals surface area (Å²) in [6.07, 6.45) is 0.619. The van der Waals surface area contributed by atoms with Gasteiger partial charge in [-0.3, -0.25) is 19.9 Å². The number of ether oxygens (including phenoxy) is 5. The van der Waals surface area contributed by atoms with E-state index in [0.717, 1.165) is 22.1 Å². The molecule has 0 unspecified atom stereocenters. The molecule has 1 aromatic heterocycles. The van der Waals surface area contributed by atoms with Crippen molar-refractivity contribution in [3.05, 3.63) is 75.0 Å². The van der Waals surface area contributed by atoms with Crippen LogP contribution in [0.5, 0.6) is 28.7 Å². The van der Waals surface area contributed by atoms with E-state index in [1.165, 1.54) is 25.8 Å². The average molecular weight is 758 g/mol. The Morgan fingerprint density at radius 2 is 1.81 bits per heavy atom. The molecule has 10 rings (SSSR count). The molecule has 2 saturated heterocycles. The number of rotatable bonds is 3. The van der Waals surface area contributed by atoms with Gasteiger partial charge in [-0.2, -0.15) is 0 Å². The highest BCUT2D eigenvalue weighted by Crippen LogP contribution is 2.66. The van der Waals surface area contributed by atoms with Crippen molar-refractivity contribution in [2.75, 3.05) is 40.6 Å². The summed E-state index contributed by atoms with van der Waals surface area (Å²) in [4.78, 5) is 30.4. The van der Waals surface area contributed by atoms with E-state index >= 15 is 0 Å². The molecular weight excluding hydrogens is 715 g/mol. The summed E-state index contributed by atoms with van der Waals surface area (Å²) in [5, 5.41) is 28.4. The number of aromatic hydroxyl groups is 1. The van der Waals surface area contributed by atoms with E-state index in [-0.39, 0.29) is 25.7 Å². The number of aliphatic hydroxyl groups is 1. The Kier molecular flexibility index (Phi) is 8.01. The molecule has 7 heterocycles. The van der Waals surface area contributed by atoms with Gasteiger partial charge in [0.1, 0.15) is 23.7 Å². The van der Waals surface area contributed by atoms with Crippen molar-refractivity contribution in [3.8, 4) is 28.7 Å². The van der Waals surface area contributed by atoms with Crippen LogP contribution in [-0.4, -0.2) is 84.4 Å². The number of benzene rings is 3. The number of nitrogens with one attached hydrogen (secondary N) is 1. The van der Waals surface area contributed by atoms with E-state index in [9.17, 15) is 19.8 Å². The molecule has 0 radical (unpaired) electrons. The number of nitrogens with zero attached hydrogens (tertiary/aromatic N) is 2. The Bertz CT molecular complexity index is 2270. The van der Waals surface area contributed by atoms with Crippen molar-refractivity contribution >= 4 is 34.7 Å². The molecule has 284 valence electrons. The summed E-state index contributed by atoms with van der Waals surface area (Å²) in [7, 11) is 3.44. The number of carbonyl (C=O) groups excluding carboxylic acids is 2. The number of likely N-dealkylation sites (N-methyl/N-ethyl adjacent to an activating group) is 1. The second-order valence-corrected chi connectivity index (χ2v) is 16.5. The zero-order valence-electron chi connectivity index (χ0n) is 31.2. The van der Waals surface area contributed by atoms with E-state index in [4.69, 9.17) is 28.1 Å². The van der Waals surface area contributed by atoms with Crippen LogP contribution < -0.4 is 24.3 Å². The Morgan fingerprint density at radius 3 is 2.57 bits per heavy atom. The molecule has 2 bridgehead atoms. The van der Waals surface area contributed by atoms with Gasteiger partial charge in [-0.25, -0.2) is 4.79 Å². The molecule has 6 aliphatic heterocycles. The Hall–Kier alpha value is -4.47. The highest BCUT2D eigenvalue weighted by molar-refractivity contribution is 8.01. The van der Waals surface area contributed by atoms with Crippen LogP contribution in [0.2, 0.25) is 0 Å². The van der Waals surface area contributed by atoms with Crippen LogP contribution in [0.15, 0.2) is 34.7 Å². The maximum absolute atomic E-state index is 14.9. The second-order valence-electron chi connectivity index (χ2n) is 15.1. The van der Waals surface area contributed by atoms with Crippen LogP contribution in [-0.2, 0) is 25.6 Å². The number of carbonyl (C=O) groups is 2. The Balaban J connectivity index is 1.39. The Labute approximate surface area is 316 Å². The van der Waals surface area contributed by atoms with Crippen LogP contribution in [0, 0.1) is 20.8 Å².